The van der Waals surface area contributed by atoms with Crippen molar-refractivity contribution in [3.63, 3.8) is 0 Å². The molecule has 1 fully saturated rings. The number of imide groups is 1. The number of benzene rings is 2. The number of amides is 2. The molecule has 8 heteroatoms. The number of hydrogen-bond acceptors (Lipinski definition) is 6. The highest BCUT2D eigenvalue weighted by Gasteiger charge is 2.34. The maximum absolute atomic E-state index is 12.2. The van der Waals surface area contributed by atoms with Gasteiger partial charge in [-0.05, 0) is 35.4 Å². The minimum atomic E-state index is -1.06. The second-order valence-electron chi connectivity index (χ2n) is 6.68. The fourth-order valence-electron chi connectivity index (χ4n) is 3.30. The largest absolute Gasteiger partial charge is 0.481 e. The first-order valence-electron chi connectivity index (χ1n) is 9.23. The van der Waals surface area contributed by atoms with E-state index in [0.717, 1.165) is 38.9 Å². The number of fused-ring (bicyclic) bond motifs is 3. The fraction of sp³-hybridized carbons (Fsp3) is 0.136. The molecule has 0 saturated carbocycles. The molecule has 7 nitrogen and oxygen atoms in total. The minimum absolute atomic E-state index is 0.129. The number of nitrogens with zero attached hydrogens (tertiary/aromatic N) is 2. The Morgan fingerprint density at radius 1 is 1.13 bits per heavy atom. The first kappa shape index (κ1) is 19.8. The van der Waals surface area contributed by atoms with Gasteiger partial charge in [-0.15, -0.1) is 0 Å². The first-order valence-corrected chi connectivity index (χ1v) is 10.0. The molecule has 0 atom stereocenters. The number of thioether (sulfide) groups is 1. The van der Waals surface area contributed by atoms with Crippen molar-refractivity contribution in [2.75, 3.05) is 18.5 Å². The second-order valence-corrected chi connectivity index (χ2v) is 7.68. The molecule has 0 radical (unpaired) electrons. The van der Waals surface area contributed by atoms with Crippen molar-refractivity contribution in [1.29, 1.82) is 0 Å². The second kappa shape index (κ2) is 8.08. The molecule has 2 aliphatic rings. The van der Waals surface area contributed by atoms with Crippen molar-refractivity contribution in [2.24, 2.45) is 0 Å². The van der Waals surface area contributed by atoms with Gasteiger partial charge in [0.1, 0.15) is 0 Å². The Kier molecular flexibility index (Phi) is 5.33. The van der Waals surface area contributed by atoms with Crippen LogP contribution in [0.5, 0.6) is 5.75 Å². The molecule has 30 heavy (non-hydrogen) atoms. The lowest BCUT2D eigenvalue weighted by Crippen LogP contribution is -2.30. The topological polar surface area (TPSA) is 87.2 Å². The van der Waals surface area contributed by atoms with Crippen LogP contribution < -0.4 is 9.64 Å². The van der Waals surface area contributed by atoms with E-state index in [1.54, 1.807) is 24.3 Å². The molecule has 152 valence electrons. The third-order valence-electron chi connectivity index (χ3n) is 4.76. The number of aliphatic carboxylic acids is 1. The molecular formula is C22H18N2O5S. The maximum atomic E-state index is 12.2. The smallest absolute Gasteiger partial charge is 0.305 e. The lowest BCUT2D eigenvalue weighted by atomic mass is 10.1. The quantitative estimate of drug-likeness (QED) is 0.725. The predicted octanol–water partition coefficient (Wildman–Crippen LogP) is 4.12. The van der Waals surface area contributed by atoms with Crippen molar-refractivity contribution in [3.8, 4) is 5.75 Å². The Labute approximate surface area is 176 Å². The van der Waals surface area contributed by atoms with E-state index in [1.165, 1.54) is 0 Å². The molecule has 1 saturated heterocycles. The van der Waals surface area contributed by atoms with Crippen LogP contribution >= 0.6 is 11.8 Å². The number of carbonyl (C=O) groups is 3. The van der Waals surface area contributed by atoms with E-state index >= 15 is 0 Å². The number of allylic oxidation sites excluding steroid dienone is 4. The number of hydrogen-bond donors (Lipinski definition) is 1. The van der Waals surface area contributed by atoms with Crippen LogP contribution in [0.25, 0.3) is 10.8 Å². The molecule has 2 aromatic rings. The van der Waals surface area contributed by atoms with Crippen molar-refractivity contribution >= 4 is 45.3 Å². The Morgan fingerprint density at radius 3 is 2.70 bits per heavy atom. The summed E-state index contributed by atoms with van der Waals surface area (Å²) in [6.07, 6.45) is 6.43. The normalized spacial score (nSPS) is 18.8. The monoisotopic (exact) mass is 422 g/mol. The molecular weight excluding hydrogens is 404 g/mol. The van der Waals surface area contributed by atoms with Gasteiger partial charge in [-0.2, -0.15) is 0 Å². The molecule has 2 amide bonds. The van der Waals surface area contributed by atoms with E-state index in [9.17, 15) is 14.4 Å². The summed E-state index contributed by atoms with van der Waals surface area (Å²) in [5.74, 6) is -0.119. The zero-order chi connectivity index (χ0) is 21.3. The lowest BCUT2D eigenvalue weighted by Gasteiger charge is -2.12. The van der Waals surface area contributed by atoms with Crippen LogP contribution in [0, 0.1) is 0 Å². The number of rotatable bonds is 5. The standard InChI is InChI=1S/C22H18N2O5S/c1-23-18(29-16-11-10-14-6-2-3-7-15(14)20(16)23)9-5-4-8-17-21(27)24(22(28)30-17)13-12-19(25)26/h2-11H,12-13H2,1H3,(H,25,26). The van der Waals surface area contributed by atoms with E-state index in [2.05, 4.69) is 6.07 Å². The number of anilines is 1. The number of carboxylic acid groups (broad SMARTS) is 1. The van der Waals surface area contributed by atoms with E-state index in [4.69, 9.17) is 9.84 Å². The van der Waals surface area contributed by atoms with E-state index < -0.39 is 17.1 Å². The van der Waals surface area contributed by atoms with Gasteiger partial charge in [0.05, 0.1) is 17.0 Å². The Morgan fingerprint density at radius 2 is 1.90 bits per heavy atom. The molecule has 4 rings (SSSR count). The Balaban J connectivity index is 1.48. The molecule has 2 heterocycles. The summed E-state index contributed by atoms with van der Waals surface area (Å²) in [4.78, 5) is 38.0. The Bertz CT molecular complexity index is 1150. The summed E-state index contributed by atoms with van der Waals surface area (Å²) in [7, 11) is 1.92. The van der Waals surface area contributed by atoms with Gasteiger partial charge in [0, 0.05) is 19.0 Å². The highest BCUT2D eigenvalue weighted by molar-refractivity contribution is 8.18. The summed E-state index contributed by atoms with van der Waals surface area (Å²) < 4.78 is 5.93. The highest BCUT2D eigenvalue weighted by atomic mass is 32.2. The average molecular weight is 422 g/mol. The highest BCUT2D eigenvalue weighted by Crippen LogP contribution is 2.43. The third kappa shape index (κ3) is 3.69. The van der Waals surface area contributed by atoms with Gasteiger partial charge in [-0.25, -0.2) is 0 Å². The van der Waals surface area contributed by atoms with Gasteiger partial charge in [0.2, 0.25) is 0 Å². The summed E-state index contributed by atoms with van der Waals surface area (Å²) in [6, 6.07) is 12.0. The maximum Gasteiger partial charge on any atom is 0.305 e. The van der Waals surface area contributed by atoms with Crippen LogP contribution in [0.1, 0.15) is 6.42 Å². The molecule has 0 aliphatic carbocycles. The number of ether oxygens (including phenoxy) is 1. The van der Waals surface area contributed by atoms with Gasteiger partial charge >= 0.3 is 5.97 Å². The van der Waals surface area contributed by atoms with Gasteiger partial charge < -0.3 is 14.7 Å². The molecule has 2 aliphatic heterocycles. The summed E-state index contributed by atoms with van der Waals surface area (Å²) in [5, 5.41) is 10.5. The van der Waals surface area contributed by atoms with Crippen molar-refractivity contribution in [1.82, 2.24) is 4.90 Å². The van der Waals surface area contributed by atoms with Crippen LogP contribution in [-0.4, -0.2) is 40.7 Å². The van der Waals surface area contributed by atoms with Gasteiger partial charge in [0.25, 0.3) is 11.1 Å². The Hall–Kier alpha value is -3.52. The zero-order valence-corrected chi connectivity index (χ0v) is 16.9. The molecule has 0 unspecified atom stereocenters. The molecule has 0 spiro atoms. The van der Waals surface area contributed by atoms with Gasteiger partial charge in [-0.3, -0.25) is 19.3 Å². The molecule has 2 aromatic carbocycles. The summed E-state index contributed by atoms with van der Waals surface area (Å²) in [5.41, 5.74) is 0.993. The zero-order valence-electron chi connectivity index (χ0n) is 16.1. The van der Waals surface area contributed by atoms with Crippen LogP contribution in [0.3, 0.4) is 0 Å². The lowest BCUT2D eigenvalue weighted by molar-refractivity contribution is -0.137. The van der Waals surface area contributed by atoms with Crippen molar-refractivity contribution in [3.05, 3.63) is 71.5 Å². The van der Waals surface area contributed by atoms with Gasteiger partial charge in [-0.1, -0.05) is 42.5 Å². The van der Waals surface area contributed by atoms with E-state index in [1.807, 2.05) is 42.3 Å². The SMILES string of the molecule is CN1C(=CC=CC=C2SC(=O)N(CCC(=O)O)C2=O)Oc2ccc3ccccc3c21. The van der Waals surface area contributed by atoms with Crippen LogP contribution in [-0.2, 0) is 9.59 Å². The number of carbonyl (C=O) groups excluding carboxylic acids is 2. The van der Waals surface area contributed by atoms with Crippen LogP contribution in [0.15, 0.2) is 71.5 Å². The van der Waals surface area contributed by atoms with Crippen molar-refractivity contribution in [2.45, 2.75) is 6.42 Å². The third-order valence-corrected chi connectivity index (χ3v) is 5.69. The average Bonchev–Trinajstić information content (AvgIpc) is 3.19. The van der Waals surface area contributed by atoms with Gasteiger partial charge in [0.15, 0.2) is 11.6 Å². The summed E-state index contributed by atoms with van der Waals surface area (Å²) in [6.45, 7) is -0.129. The summed E-state index contributed by atoms with van der Waals surface area (Å²) >= 11 is 0.800. The molecule has 0 aromatic heterocycles. The van der Waals surface area contributed by atoms with Crippen molar-refractivity contribution < 1.29 is 24.2 Å². The van der Waals surface area contributed by atoms with E-state index in [0.29, 0.717) is 5.88 Å². The van der Waals surface area contributed by atoms with Crippen LogP contribution in [0.2, 0.25) is 0 Å². The minimum Gasteiger partial charge on any atom is -0.481 e. The molecule has 1 N–H and O–H groups in total. The molecule has 0 bridgehead atoms. The number of carboxylic acids is 1. The first-order chi connectivity index (χ1) is 14.5. The fourth-order valence-corrected chi connectivity index (χ4v) is 4.11. The van der Waals surface area contributed by atoms with E-state index in [-0.39, 0.29) is 17.9 Å². The van der Waals surface area contributed by atoms with Crippen LogP contribution in [0.4, 0.5) is 10.5 Å². The predicted molar refractivity (Wildman–Crippen MR) is 115 cm³/mol.